The van der Waals surface area contributed by atoms with Crippen LogP contribution in [0.3, 0.4) is 0 Å². The van der Waals surface area contributed by atoms with Crippen molar-refractivity contribution in [3.05, 3.63) is 53.9 Å². The second-order valence-electron chi connectivity index (χ2n) is 6.05. The van der Waals surface area contributed by atoms with Gasteiger partial charge in [0.25, 0.3) is 0 Å². The zero-order valence-electron chi connectivity index (χ0n) is 13.8. The van der Waals surface area contributed by atoms with Crippen molar-refractivity contribution in [2.45, 2.75) is 38.8 Å². The van der Waals surface area contributed by atoms with Crippen molar-refractivity contribution in [1.82, 2.24) is 4.98 Å². The predicted molar refractivity (Wildman–Crippen MR) is 91.9 cm³/mol. The fourth-order valence-electron chi connectivity index (χ4n) is 2.71. The smallest absolute Gasteiger partial charge is 0.119 e. The molecule has 0 bridgehead atoms. The lowest BCUT2D eigenvalue weighted by atomic mass is 10.1. The lowest BCUT2D eigenvalue weighted by Gasteiger charge is -2.23. The average Bonchev–Trinajstić information content (AvgIpc) is 2.58. The monoisotopic (exact) mass is 312 g/mol. The summed E-state index contributed by atoms with van der Waals surface area (Å²) in [5.74, 6) is 0.935. The number of hydrogen-bond donors (Lipinski definition) is 1. The fraction of sp³-hybridized carbons (Fsp3) is 0.421. The van der Waals surface area contributed by atoms with E-state index in [1.807, 2.05) is 19.2 Å². The molecule has 23 heavy (non-hydrogen) atoms. The van der Waals surface area contributed by atoms with Gasteiger partial charge >= 0.3 is 0 Å². The maximum Gasteiger partial charge on any atom is 0.119 e. The van der Waals surface area contributed by atoms with Gasteiger partial charge in [-0.2, -0.15) is 0 Å². The standard InChI is InChI=1S/C19H24N2O2/c1-14-3-6-17(13-20-14)21-15(2)16-4-7-18(8-5-16)23-19-9-11-22-12-10-19/h3-8,13,15,19,21H,9-12H2,1-2H3. The Morgan fingerprint density at radius 3 is 2.52 bits per heavy atom. The zero-order valence-corrected chi connectivity index (χ0v) is 13.8. The van der Waals surface area contributed by atoms with Crippen LogP contribution in [0, 0.1) is 6.92 Å². The minimum absolute atomic E-state index is 0.219. The highest BCUT2D eigenvalue weighted by atomic mass is 16.5. The van der Waals surface area contributed by atoms with E-state index in [9.17, 15) is 0 Å². The molecule has 3 rings (SSSR count). The summed E-state index contributed by atoms with van der Waals surface area (Å²) in [5, 5.41) is 3.47. The Morgan fingerprint density at radius 2 is 1.87 bits per heavy atom. The third kappa shape index (κ3) is 4.45. The van der Waals surface area contributed by atoms with E-state index in [1.54, 1.807) is 0 Å². The van der Waals surface area contributed by atoms with E-state index in [-0.39, 0.29) is 12.1 Å². The van der Waals surface area contributed by atoms with E-state index in [4.69, 9.17) is 9.47 Å². The van der Waals surface area contributed by atoms with Crippen LogP contribution >= 0.6 is 0 Å². The predicted octanol–water partition coefficient (Wildman–Crippen LogP) is 4.12. The first-order chi connectivity index (χ1) is 11.2. The number of hydrogen-bond acceptors (Lipinski definition) is 4. The molecule has 4 nitrogen and oxygen atoms in total. The number of pyridine rings is 1. The average molecular weight is 312 g/mol. The molecule has 1 unspecified atom stereocenters. The quantitative estimate of drug-likeness (QED) is 0.902. The molecule has 0 amide bonds. The Labute approximate surface area is 137 Å². The van der Waals surface area contributed by atoms with E-state index >= 15 is 0 Å². The molecule has 1 aliphatic rings. The molecule has 1 fully saturated rings. The van der Waals surface area contributed by atoms with Gasteiger partial charge in [-0.05, 0) is 43.7 Å². The molecule has 1 atom stereocenters. The Hall–Kier alpha value is -2.07. The van der Waals surface area contributed by atoms with Crippen LogP contribution in [-0.2, 0) is 4.74 Å². The van der Waals surface area contributed by atoms with Crippen molar-refractivity contribution in [3.63, 3.8) is 0 Å². The molecule has 4 heteroatoms. The number of nitrogens with zero attached hydrogens (tertiary/aromatic N) is 1. The van der Waals surface area contributed by atoms with Crippen molar-refractivity contribution in [2.24, 2.45) is 0 Å². The van der Waals surface area contributed by atoms with Crippen molar-refractivity contribution in [3.8, 4) is 5.75 Å². The van der Waals surface area contributed by atoms with Crippen LogP contribution in [0.1, 0.15) is 37.1 Å². The lowest BCUT2D eigenvalue weighted by molar-refractivity contribution is 0.0255. The highest BCUT2D eigenvalue weighted by Crippen LogP contribution is 2.23. The third-order valence-electron chi connectivity index (χ3n) is 4.15. The molecule has 1 N–H and O–H groups in total. The molecule has 0 spiro atoms. The summed E-state index contributed by atoms with van der Waals surface area (Å²) in [6, 6.07) is 12.6. The number of aryl methyl sites for hydroxylation is 1. The molecule has 2 aromatic rings. The van der Waals surface area contributed by atoms with Gasteiger partial charge < -0.3 is 14.8 Å². The topological polar surface area (TPSA) is 43.4 Å². The van der Waals surface area contributed by atoms with Crippen molar-refractivity contribution in [2.75, 3.05) is 18.5 Å². The van der Waals surface area contributed by atoms with Crippen molar-refractivity contribution >= 4 is 5.69 Å². The molecule has 0 radical (unpaired) electrons. The summed E-state index contributed by atoms with van der Waals surface area (Å²) >= 11 is 0. The van der Waals surface area contributed by atoms with Gasteiger partial charge in [0.1, 0.15) is 11.9 Å². The maximum absolute atomic E-state index is 6.01. The highest BCUT2D eigenvalue weighted by Gasteiger charge is 2.15. The molecule has 2 heterocycles. The van der Waals surface area contributed by atoms with E-state index in [1.165, 1.54) is 5.56 Å². The molecule has 1 aromatic heterocycles. The fourth-order valence-corrected chi connectivity index (χ4v) is 2.71. The molecule has 0 saturated carbocycles. The first-order valence-electron chi connectivity index (χ1n) is 8.24. The van der Waals surface area contributed by atoms with Crippen LogP contribution in [0.25, 0.3) is 0 Å². The van der Waals surface area contributed by atoms with Crippen LogP contribution in [-0.4, -0.2) is 24.3 Å². The molecular formula is C19H24N2O2. The molecular weight excluding hydrogens is 288 g/mol. The third-order valence-corrected chi connectivity index (χ3v) is 4.15. The van der Waals surface area contributed by atoms with Crippen molar-refractivity contribution in [1.29, 1.82) is 0 Å². The first-order valence-corrected chi connectivity index (χ1v) is 8.24. The molecule has 1 aliphatic heterocycles. The van der Waals surface area contributed by atoms with Crippen molar-refractivity contribution < 1.29 is 9.47 Å². The van der Waals surface area contributed by atoms with Gasteiger partial charge in [0.2, 0.25) is 0 Å². The van der Waals surface area contributed by atoms with E-state index in [0.29, 0.717) is 0 Å². The summed E-state index contributed by atoms with van der Waals surface area (Å²) in [6.45, 7) is 5.74. The molecule has 122 valence electrons. The maximum atomic E-state index is 6.01. The van der Waals surface area contributed by atoms with E-state index in [2.05, 4.69) is 47.6 Å². The minimum atomic E-state index is 0.219. The summed E-state index contributed by atoms with van der Waals surface area (Å²) in [7, 11) is 0. The lowest BCUT2D eigenvalue weighted by Crippen LogP contribution is -2.25. The van der Waals surface area contributed by atoms with Gasteiger partial charge in [0, 0.05) is 24.6 Å². The Kier molecular flexibility index (Phi) is 5.13. The van der Waals surface area contributed by atoms with E-state index < -0.39 is 0 Å². The van der Waals surface area contributed by atoms with Gasteiger partial charge in [-0.3, -0.25) is 4.98 Å². The molecule has 0 aliphatic carbocycles. The Balaban J connectivity index is 1.58. The number of anilines is 1. The second-order valence-corrected chi connectivity index (χ2v) is 6.05. The Bertz CT molecular complexity index is 604. The van der Waals surface area contributed by atoms with Gasteiger partial charge in [-0.25, -0.2) is 0 Å². The second kappa shape index (κ2) is 7.47. The summed E-state index contributed by atoms with van der Waals surface area (Å²) in [4.78, 5) is 4.31. The van der Waals surface area contributed by atoms with E-state index in [0.717, 1.165) is 43.2 Å². The zero-order chi connectivity index (χ0) is 16.1. The van der Waals surface area contributed by atoms with Gasteiger partial charge in [-0.1, -0.05) is 12.1 Å². The first kappa shape index (κ1) is 15.8. The summed E-state index contributed by atoms with van der Waals surface area (Å²) in [6.07, 6.45) is 4.10. The Morgan fingerprint density at radius 1 is 1.13 bits per heavy atom. The van der Waals surface area contributed by atoms with Crippen LogP contribution in [0.2, 0.25) is 0 Å². The van der Waals surface area contributed by atoms with Gasteiger partial charge in [-0.15, -0.1) is 0 Å². The SMILES string of the molecule is Cc1ccc(NC(C)c2ccc(OC3CCOCC3)cc2)cn1. The molecule has 1 aromatic carbocycles. The number of nitrogens with one attached hydrogen (secondary N) is 1. The summed E-state index contributed by atoms with van der Waals surface area (Å²) in [5.41, 5.74) is 3.29. The highest BCUT2D eigenvalue weighted by molar-refractivity contribution is 5.44. The molecule has 1 saturated heterocycles. The van der Waals surface area contributed by atoms with Crippen LogP contribution < -0.4 is 10.1 Å². The number of aromatic nitrogens is 1. The number of ether oxygens (including phenoxy) is 2. The minimum Gasteiger partial charge on any atom is -0.490 e. The summed E-state index contributed by atoms with van der Waals surface area (Å²) < 4.78 is 11.4. The number of rotatable bonds is 5. The van der Waals surface area contributed by atoms with Gasteiger partial charge in [0.05, 0.1) is 25.1 Å². The van der Waals surface area contributed by atoms with Crippen LogP contribution in [0.15, 0.2) is 42.6 Å². The normalized spacial score (nSPS) is 16.8. The number of benzene rings is 1. The van der Waals surface area contributed by atoms with Crippen LogP contribution in [0.5, 0.6) is 5.75 Å². The van der Waals surface area contributed by atoms with Gasteiger partial charge in [0.15, 0.2) is 0 Å². The van der Waals surface area contributed by atoms with Crippen LogP contribution in [0.4, 0.5) is 5.69 Å². The largest absolute Gasteiger partial charge is 0.490 e.